The summed E-state index contributed by atoms with van der Waals surface area (Å²) in [6, 6.07) is 5.99. The van der Waals surface area contributed by atoms with E-state index < -0.39 is 54.5 Å². The molecule has 0 radical (unpaired) electrons. The number of aliphatic hydroxyl groups is 4. The van der Waals surface area contributed by atoms with Crippen molar-refractivity contribution in [2.75, 3.05) is 20.8 Å². The third kappa shape index (κ3) is 4.47. The van der Waals surface area contributed by atoms with Crippen LogP contribution < -0.4 is 19.6 Å². The molecule has 0 amide bonds. The van der Waals surface area contributed by atoms with Gasteiger partial charge in [-0.05, 0) is 12.1 Å². The van der Waals surface area contributed by atoms with E-state index in [1.54, 1.807) is 0 Å². The number of hydrogen-bond acceptors (Lipinski definition) is 13. The first-order valence-corrected chi connectivity index (χ1v) is 11.8. The predicted octanol–water partition coefficient (Wildman–Crippen LogP) is 0.806. The molecule has 5 rings (SSSR count). The van der Waals surface area contributed by atoms with Gasteiger partial charge in [0.2, 0.25) is 17.8 Å². The van der Waals surface area contributed by atoms with Gasteiger partial charge in [0.15, 0.2) is 28.4 Å². The number of benzene rings is 2. The maximum absolute atomic E-state index is 12.4. The molecule has 0 saturated carbocycles. The highest BCUT2D eigenvalue weighted by atomic mass is 16.7. The molecule has 5 atom stereocenters. The van der Waals surface area contributed by atoms with Crippen LogP contribution in [0.3, 0.4) is 0 Å². The van der Waals surface area contributed by atoms with Crippen molar-refractivity contribution in [3.63, 3.8) is 0 Å². The zero-order valence-corrected chi connectivity index (χ0v) is 20.9. The minimum atomic E-state index is -1.83. The third-order valence-electron chi connectivity index (χ3n) is 6.50. The number of carboxylic acid groups (broad SMARTS) is 1. The SMILES string of the molecule is COc1cc(-c2oc3cc(=O)cc4oc(C(=O)O)cc(c2OC2OC(CO)C(O)C(O)C2O)c43)cc(OC)c1O. The van der Waals surface area contributed by atoms with Crippen LogP contribution in [-0.2, 0) is 4.74 Å². The fourth-order valence-corrected chi connectivity index (χ4v) is 4.52. The number of methoxy groups -OCH3 is 2. The summed E-state index contributed by atoms with van der Waals surface area (Å²) in [6.07, 6.45) is -8.30. The molecular weight excluding hydrogens is 536 g/mol. The molecule has 3 heterocycles. The Balaban J connectivity index is 1.84. The number of hydrogen-bond donors (Lipinski definition) is 6. The summed E-state index contributed by atoms with van der Waals surface area (Å²) in [5.41, 5.74) is -0.579. The number of carbonyl (C=O) groups is 1. The molecule has 4 aromatic rings. The van der Waals surface area contributed by atoms with Gasteiger partial charge in [-0.3, -0.25) is 4.79 Å². The van der Waals surface area contributed by atoms with Crippen LogP contribution in [0.15, 0.2) is 44.0 Å². The van der Waals surface area contributed by atoms with E-state index in [1.807, 2.05) is 0 Å². The van der Waals surface area contributed by atoms with Crippen molar-refractivity contribution in [2.24, 2.45) is 0 Å². The third-order valence-corrected chi connectivity index (χ3v) is 6.50. The monoisotopic (exact) mass is 560 g/mol. The number of ether oxygens (including phenoxy) is 4. The second-order valence-corrected chi connectivity index (χ2v) is 8.93. The van der Waals surface area contributed by atoms with Gasteiger partial charge in [-0.25, -0.2) is 4.79 Å². The molecule has 1 aliphatic rings. The molecule has 1 aliphatic heterocycles. The Hall–Kier alpha value is -4.34. The average Bonchev–Trinajstić information content (AvgIpc) is 2.93. The number of aromatic hydroxyl groups is 1. The van der Waals surface area contributed by atoms with Crippen LogP contribution in [0.4, 0.5) is 0 Å². The topological polar surface area (TPSA) is 219 Å². The van der Waals surface area contributed by atoms with Gasteiger partial charge in [-0.1, -0.05) is 0 Å². The van der Waals surface area contributed by atoms with E-state index in [4.69, 9.17) is 27.8 Å². The lowest BCUT2D eigenvalue weighted by molar-refractivity contribution is -0.277. The fraction of sp³-hybridized carbons (Fsp3) is 0.308. The molecule has 2 aromatic heterocycles. The normalized spacial score (nSPS) is 22.9. The summed E-state index contributed by atoms with van der Waals surface area (Å²) in [4.78, 5) is 24.3. The maximum Gasteiger partial charge on any atom is 0.371 e. The van der Waals surface area contributed by atoms with Crippen molar-refractivity contribution in [3.8, 4) is 34.3 Å². The first kappa shape index (κ1) is 27.2. The standard InChI is InChI=1S/C26H24O14/c1-35-14-3-9(4-15(36-2)19(14)29)23-24(40-26-22(32)21(31)20(30)17(8-27)39-26)11-7-16(25(33)34)37-12-5-10(28)6-13(38-23)18(11)12/h3-7,17,20-22,26-27,29-32H,8H2,1-2H3,(H,33,34). The lowest BCUT2D eigenvalue weighted by atomic mass is 9.99. The van der Waals surface area contributed by atoms with Gasteiger partial charge >= 0.3 is 5.97 Å². The highest BCUT2D eigenvalue weighted by Crippen LogP contribution is 2.47. The van der Waals surface area contributed by atoms with E-state index in [9.17, 15) is 40.2 Å². The molecule has 0 bridgehead atoms. The second kappa shape index (κ2) is 10.3. The van der Waals surface area contributed by atoms with E-state index in [0.29, 0.717) is 0 Å². The molecule has 1 fully saturated rings. The molecule has 0 aliphatic carbocycles. The fourth-order valence-electron chi connectivity index (χ4n) is 4.52. The van der Waals surface area contributed by atoms with Crippen molar-refractivity contribution in [1.82, 2.24) is 0 Å². The number of aromatic carboxylic acids is 1. The van der Waals surface area contributed by atoms with Crippen molar-refractivity contribution in [3.05, 3.63) is 46.3 Å². The molecule has 14 nitrogen and oxygen atoms in total. The maximum atomic E-state index is 12.4. The smallest absolute Gasteiger partial charge is 0.371 e. The number of phenolic OH excluding ortho intramolecular Hbond substituents is 1. The summed E-state index contributed by atoms with van der Waals surface area (Å²) in [6.45, 7) is -0.730. The predicted molar refractivity (Wildman–Crippen MR) is 134 cm³/mol. The molecule has 6 N–H and O–H groups in total. The van der Waals surface area contributed by atoms with Gasteiger partial charge in [0.1, 0.15) is 35.6 Å². The zero-order chi connectivity index (χ0) is 28.9. The Labute approximate surface area is 223 Å². The first-order valence-electron chi connectivity index (χ1n) is 11.8. The van der Waals surface area contributed by atoms with Crippen molar-refractivity contribution in [1.29, 1.82) is 0 Å². The summed E-state index contributed by atoms with van der Waals surface area (Å²) in [5, 5.41) is 61.0. The Kier molecular flexibility index (Phi) is 7.03. The Morgan fingerprint density at radius 2 is 1.55 bits per heavy atom. The molecule has 5 unspecified atom stereocenters. The van der Waals surface area contributed by atoms with Crippen LogP contribution in [0.25, 0.3) is 33.3 Å². The second-order valence-electron chi connectivity index (χ2n) is 8.93. The van der Waals surface area contributed by atoms with Gasteiger partial charge < -0.3 is 58.4 Å². The van der Waals surface area contributed by atoms with Gasteiger partial charge in [-0.15, -0.1) is 0 Å². The van der Waals surface area contributed by atoms with Crippen molar-refractivity contribution >= 4 is 27.9 Å². The minimum absolute atomic E-state index is 0.0275. The van der Waals surface area contributed by atoms with Crippen LogP contribution in [0.2, 0.25) is 0 Å². The molecule has 1 saturated heterocycles. The average molecular weight is 560 g/mol. The number of aliphatic hydroxyl groups excluding tert-OH is 4. The lowest BCUT2D eigenvalue weighted by Crippen LogP contribution is -2.60. The van der Waals surface area contributed by atoms with Crippen LogP contribution in [0.1, 0.15) is 10.6 Å². The van der Waals surface area contributed by atoms with Gasteiger partial charge in [0, 0.05) is 29.1 Å². The Morgan fingerprint density at radius 3 is 2.12 bits per heavy atom. The largest absolute Gasteiger partial charge is 0.502 e. The van der Waals surface area contributed by atoms with E-state index in [1.165, 1.54) is 26.4 Å². The van der Waals surface area contributed by atoms with E-state index >= 15 is 0 Å². The molecule has 0 spiro atoms. The summed E-state index contributed by atoms with van der Waals surface area (Å²) >= 11 is 0. The summed E-state index contributed by atoms with van der Waals surface area (Å²) < 4.78 is 33.4. The Morgan fingerprint density at radius 1 is 0.925 bits per heavy atom. The minimum Gasteiger partial charge on any atom is -0.502 e. The summed E-state index contributed by atoms with van der Waals surface area (Å²) in [7, 11) is 2.58. The molecular formula is C26H24O14. The van der Waals surface area contributed by atoms with Crippen LogP contribution >= 0.6 is 0 Å². The van der Waals surface area contributed by atoms with Crippen LogP contribution in [0.5, 0.6) is 23.0 Å². The van der Waals surface area contributed by atoms with E-state index in [-0.39, 0.29) is 56.3 Å². The number of carboxylic acids is 1. The van der Waals surface area contributed by atoms with E-state index in [2.05, 4.69) is 0 Å². The van der Waals surface area contributed by atoms with Gasteiger partial charge in [-0.2, -0.15) is 0 Å². The summed E-state index contributed by atoms with van der Waals surface area (Å²) in [5.74, 6) is -2.86. The van der Waals surface area contributed by atoms with Gasteiger partial charge in [0.25, 0.3) is 0 Å². The number of phenols is 1. The van der Waals surface area contributed by atoms with Crippen LogP contribution in [0, 0.1) is 0 Å². The highest BCUT2D eigenvalue weighted by molar-refractivity contribution is 6.11. The zero-order valence-electron chi connectivity index (χ0n) is 20.9. The van der Waals surface area contributed by atoms with Crippen molar-refractivity contribution < 1.29 is 63.2 Å². The quantitative estimate of drug-likeness (QED) is 0.184. The Bertz CT molecular complexity index is 1630. The molecule has 212 valence electrons. The molecule has 14 heteroatoms. The van der Waals surface area contributed by atoms with Crippen molar-refractivity contribution in [2.45, 2.75) is 30.7 Å². The first-order chi connectivity index (χ1) is 19.1. The lowest BCUT2D eigenvalue weighted by Gasteiger charge is -2.39. The highest BCUT2D eigenvalue weighted by Gasteiger charge is 2.45. The van der Waals surface area contributed by atoms with Crippen LogP contribution in [-0.4, -0.2) is 88.1 Å². The number of rotatable bonds is 7. The molecule has 2 aromatic carbocycles. The molecule has 40 heavy (non-hydrogen) atoms. The van der Waals surface area contributed by atoms with Gasteiger partial charge in [0.05, 0.1) is 26.2 Å². The van der Waals surface area contributed by atoms with E-state index in [0.717, 1.165) is 18.2 Å².